The number of hydrogen-bond acceptors (Lipinski definition) is 5. The number of imide groups is 1. The van der Waals surface area contributed by atoms with Gasteiger partial charge in [0.15, 0.2) is 11.5 Å². The van der Waals surface area contributed by atoms with Gasteiger partial charge in [-0.2, -0.15) is 0 Å². The number of benzene rings is 2. The highest BCUT2D eigenvalue weighted by Crippen LogP contribution is 2.38. The third kappa shape index (κ3) is 3.20. The molecule has 1 aliphatic carbocycles. The van der Waals surface area contributed by atoms with Gasteiger partial charge in [0.05, 0.1) is 5.57 Å². The third-order valence-electron chi connectivity index (χ3n) is 5.83. The lowest BCUT2D eigenvalue weighted by Gasteiger charge is -2.29. The Bertz CT molecular complexity index is 1040. The van der Waals surface area contributed by atoms with Crippen molar-refractivity contribution < 1.29 is 23.5 Å². The summed E-state index contributed by atoms with van der Waals surface area (Å²) in [7, 11) is 0. The molecule has 0 unspecified atom stereocenters. The van der Waals surface area contributed by atoms with Crippen LogP contribution in [0.1, 0.15) is 37.7 Å². The van der Waals surface area contributed by atoms with Crippen molar-refractivity contribution in [2.75, 3.05) is 12.1 Å². The predicted octanol–water partition coefficient (Wildman–Crippen LogP) is 4.08. The molecule has 7 heteroatoms. The number of anilines is 1. The number of carbonyl (C=O) groups excluding carboxylic acids is 2. The van der Waals surface area contributed by atoms with Gasteiger partial charge in [-0.05, 0) is 42.7 Å². The van der Waals surface area contributed by atoms with Gasteiger partial charge in [-0.15, -0.1) is 0 Å². The zero-order valence-corrected chi connectivity index (χ0v) is 16.3. The van der Waals surface area contributed by atoms with Gasteiger partial charge in [0, 0.05) is 17.8 Å². The van der Waals surface area contributed by atoms with Crippen LogP contribution in [0.15, 0.2) is 48.2 Å². The Morgan fingerprint density at radius 3 is 2.40 bits per heavy atom. The van der Waals surface area contributed by atoms with Crippen LogP contribution in [0.4, 0.5) is 10.1 Å². The standard InChI is InChI=1S/C23H21FN2O4/c24-15-8-6-14(7-9-15)20-21(25-16-10-11-18-19(12-16)30-13-29-18)23(28)26(22(20)27)17-4-2-1-3-5-17/h6-12,17,25H,1-5,13H2. The summed E-state index contributed by atoms with van der Waals surface area (Å²) in [6, 6.07) is 10.8. The topological polar surface area (TPSA) is 67.9 Å². The van der Waals surface area contributed by atoms with Crippen molar-refractivity contribution in [3.05, 3.63) is 59.5 Å². The molecular formula is C23H21FN2O4. The molecule has 2 aliphatic heterocycles. The monoisotopic (exact) mass is 408 g/mol. The van der Waals surface area contributed by atoms with Crippen LogP contribution in [0.2, 0.25) is 0 Å². The van der Waals surface area contributed by atoms with E-state index in [4.69, 9.17) is 9.47 Å². The number of fused-ring (bicyclic) bond motifs is 1. The highest BCUT2D eigenvalue weighted by molar-refractivity contribution is 6.36. The molecule has 0 saturated heterocycles. The SMILES string of the molecule is O=C1C(Nc2ccc3c(c2)OCO3)=C(c2ccc(F)cc2)C(=O)N1C1CCCCC1. The second-order valence-electron chi connectivity index (χ2n) is 7.72. The van der Waals surface area contributed by atoms with E-state index in [0.29, 0.717) is 22.7 Å². The average molecular weight is 408 g/mol. The third-order valence-corrected chi connectivity index (χ3v) is 5.83. The Hall–Kier alpha value is -3.35. The number of hydrogen-bond donors (Lipinski definition) is 1. The van der Waals surface area contributed by atoms with Crippen LogP contribution in [-0.2, 0) is 9.59 Å². The fourth-order valence-corrected chi connectivity index (χ4v) is 4.34. The predicted molar refractivity (Wildman–Crippen MR) is 108 cm³/mol. The summed E-state index contributed by atoms with van der Waals surface area (Å²) in [5, 5.41) is 3.12. The molecule has 5 rings (SSSR count). The van der Waals surface area contributed by atoms with Crippen molar-refractivity contribution in [3.63, 3.8) is 0 Å². The molecule has 1 saturated carbocycles. The lowest BCUT2D eigenvalue weighted by Crippen LogP contribution is -2.42. The molecule has 2 amide bonds. The Kier molecular flexibility index (Phi) is 4.65. The number of carbonyl (C=O) groups is 2. The maximum absolute atomic E-state index is 13.5. The molecule has 154 valence electrons. The first-order valence-corrected chi connectivity index (χ1v) is 10.2. The second-order valence-corrected chi connectivity index (χ2v) is 7.72. The van der Waals surface area contributed by atoms with Crippen molar-refractivity contribution in [3.8, 4) is 11.5 Å². The van der Waals surface area contributed by atoms with Crippen LogP contribution in [0.5, 0.6) is 11.5 Å². The summed E-state index contributed by atoms with van der Waals surface area (Å²) < 4.78 is 24.2. The van der Waals surface area contributed by atoms with E-state index in [1.54, 1.807) is 18.2 Å². The van der Waals surface area contributed by atoms with Gasteiger partial charge >= 0.3 is 0 Å². The molecule has 0 bridgehead atoms. The molecule has 0 radical (unpaired) electrons. The van der Waals surface area contributed by atoms with Crippen molar-refractivity contribution in [2.45, 2.75) is 38.1 Å². The van der Waals surface area contributed by atoms with Crippen molar-refractivity contribution >= 4 is 23.1 Å². The minimum absolute atomic E-state index is 0.106. The smallest absolute Gasteiger partial charge is 0.278 e. The fourth-order valence-electron chi connectivity index (χ4n) is 4.34. The van der Waals surface area contributed by atoms with Crippen LogP contribution in [0, 0.1) is 5.82 Å². The number of rotatable bonds is 4. The molecule has 1 fully saturated rings. The van der Waals surface area contributed by atoms with E-state index in [1.165, 1.54) is 29.2 Å². The second kappa shape index (κ2) is 7.48. The Balaban J connectivity index is 1.54. The molecule has 0 spiro atoms. The molecule has 0 aromatic heterocycles. The molecule has 6 nitrogen and oxygen atoms in total. The quantitative estimate of drug-likeness (QED) is 0.773. The zero-order valence-electron chi connectivity index (χ0n) is 16.3. The van der Waals surface area contributed by atoms with Crippen LogP contribution < -0.4 is 14.8 Å². The molecule has 0 atom stereocenters. The minimum atomic E-state index is -0.398. The first-order chi connectivity index (χ1) is 14.6. The molecule has 2 heterocycles. The molecule has 1 N–H and O–H groups in total. The van der Waals surface area contributed by atoms with E-state index < -0.39 is 5.82 Å². The molecule has 2 aromatic carbocycles. The Morgan fingerprint density at radius 2 is 1.63 bits per heavy atom. The Morgan fingerprint density at radius 1 is 0.900 bits per heavy atom. The van der Waals surface area contributed by atoms with Gasteiger partial charge in [0.25, 0.3) is 11.8 Å². The number of nitrogens with one attached hydrogen (secondary N) is 1. The summed E-state index contributed by atoms with van der Waals surface area (Å²) >= 11 is 0. The van der Waals surface area contributed by atoms with E-state index in [2.05, 4.69) is 5.32 Å². The van der Waals surface area contributed by atoms with E-state index >= 15 is 0 Å². The van der Waals surface area contributed by atoms with Crippen LogP contribution in [0.25, 0.3) is 5.57 Å². The van der Waals surface area contributed by atoms with E-state index in [-0.39, 0.29) is 35.9 Å². The number of nitrogens with zero attached hydrogens (tertiary/aromatic N) is 1. The number of halogens is 1. The zero-order chi connectivity index (χ0) is 20.7. The fraction of sp³-hybridized carbons (Fsp3) is 0.304. The first kappa shape index (κ1) is 18.7. The normalized spacial score (nSPS) is 19.0. The van der Waals surface area contributed by atoms with Crippen LogP contribution in [-0.4, -0.2) is 29.5 Å². The summed E-state index contributed by atoms with van der Waals surface area (Å²) in [4.78, 5) is 28.1. The van der Waals surface area contributed by atoms with E-state index in [1.807, 2.05) is 0 Å². The largest absolute Gasteiger partial charge is 0.454 e. The highest BCUT2D eigenvalue weighted by atomic mass is 19.1. The van der Waals surface area contributed by atoms with Gasteiger partial charge in [-0.3, -0.25) is 14.5 Å². The van der Waals surface area contributed by atoms with E-state index in [9.17, 15) is 14.0 Å². The van der Waals surface area contributed by atoms with Crippen molar-refractivity contribution in [1.29, 1.82) is 0 Å². The van der Waals surface area contributed by atoms with E-state index in [0.717, 1.165) is 32.1 Å². The van der Waals surface area contributed by atoms with Gasteiger partial charge < -0.3 is 14.8 Å². The van der Waals surface area contributed by atoms with Gasteiger partial charge in [0.1, 0.15) is 11.5 Å². The maximum atomic E-state index is 13.5. The molecular weight excluding hydrogens is 387 g/mol. The van der Waals surface area contributed by atoms with Crippen LogP contribution >= 0.6 is 0 Å². The van der Waals surface area contributed by atoms with Gasteiger partial charge in [-0.1, -0.05) is 31.4 Å². The summed E-state index contributed by atoms with van der Waals surface area (Å²) in [6.07, 6.45) is 4.74. The van der Waals surface area contributed by atoms with Gasteiger partial charge in [0.2, 0.25) is 6.79 Å². The molecule has 3 aliphatic rings. The van der Waals surface area contributed by atoms with Crippen molar-refractivity contribution in [1.82, 2.24) is 4.90 Å². The highest BCUT2D eigenvalue weighted by Gasteiger charge is 2.43. The summed E-state index contributed by atoms with van der Waals surface area (Å²) in [5.74, 6) is 0.131. The minimum Gasteiger partial charge on any atom is -0.454 e. The van der Waals surface area contributed by atoms with Crippen molar-refractivity contribution in [2.24, 2.45) is 0 Å². The summed E-state index contributed by atoms with van der Waals surface area (Å²) in [5.41, 5.74) is 1.59. The Labute approximate surface area is 173 Å². The summed E-state index contributed by atoms with van der Waals surface area (Å²) in [6.45, 7) is 0.148. The first-order valence-electron chi connectivity index (χ1n) is 10.2. The molecule has 30 heavy (non-hydrogen) atoms. The maximum Gasteiger partial charge on any atom is 0.278 e. The lowest BCUT2D eigenvalue weighted by atomic mass is 9.94. The molecule has 2 aromatic rings. The average Bonchev–Trinajstić information content (AvgIpc) is 3.32. The lowest BCUT2D eigenvalue weighted by molar-refractivity contribution is -0.140. The van der Waals surface area contributed by atoms with Crippen LogP contribution in [0.3, 0.4) is 0 Å². The van der Waals surface area contributed by atoms with Gasteiger partial charge in [-0.25, -0.2) is 4.39 Å². The number of ether oxygens (including phenoxy) is 2. The number of amides is 2.